The lowest BCUT2D eigenvalue weighted by molar-refractivity contribution is 1.18. The second kappa shape index (κ2) is 10.0. The number of pyridine rings is 1. The van der Waals surface area contributed by atoms with Crippen LogP contribution in [0.3, 0.4) is 0 Å². The fourth-order valence-electron chi connectivity index (χ4n) is 4.98. The standard InChI is InChI=1S/C35H22IN3/c36-32-20-30(19-27-8-3-4-10-31(27)32)34-21-33(28-16-13-23-6-1-2-7-26(23)18-28)38-35(39-34)25-14-11-24(12-15-25)29-9-5-17-37-22-29/h1-22H. The second-order valence-electron chi connectivity index (χ2n) is 9.52. The van der Waals surface area contributed by atoms with E-state index in [9.17, 15) is 0 Å². The quantitative estimate of drug-likeness (QED) is 0.186. The van der Waals surface area contributed by atoms with Crippen molar-refractivity contribution < 1.29 is 0 Å². The zero-order valence-corrected chi connectivity index (χ0v) is 23.1. The van der Waals surface area contributed by atoms with Gasteiger partial charge in [-0.1, -0.05) is 91.0 Å². The molecule has 0 bridgehead atoms. The van der Waals surface area contributed by atoms with E-state index in [1.807, 2.05) is 12.3 Å². The molecular weight excluding hydrogens is 589 g/mol. The van der Waals surface area contributed by atoms with E-state index < -0.39 is 0 Å². The summed E-state index contributed by atoms with van der Waals surface area (Å²) in [6.45, 7) is 0. The van der Waals surface area contributed by atoms with E-state index in [1.165, 1.54) is 25.1 Å². The van der Waals surface area contributed by atoms with Crippen molar-refractivity contribution in [1.29, 1.82) is 0 Å². The molecule has 0 aliphatic rings. The lowest BCUT2D eigenvalue weighted by Gasteiger charge is -2.12. The van der Waals surface area contributed by atoms with Crippen molar-refractivity contribution in [2.75, 3.05) is 0 Å². The zero-order chi connectivity index (χ0) is 26.2. The molecule has 0 saturated heterocycles. The van der Waals surface area contributed by atoms with Crippen LogP contribution in [0.5, 0.6) is 0 Å². The molecule has 0 fully saturated rings. The van der Waals surface area contributed by atoms with Crippen LogP contribution in [-0.2, 0) is 0 Å². The molecule has 0 radical (unpaired) electrons. The summed E-state index contributed by atoms with van der Waals surface area (Å²) in [7, 11) is 0. The molecule has 0 atom stereocenters. The summed E-state index contributed by atoms with van der Waals surface area (Å²) in [6.07, 6.45) is 3.67. The Kier molecular flexibility index (Phi) is 6.10. The van der Waals surface area contributed by atoms with Crippen LogP contribution in [0.2, 0.25) is 0 Å². The first-order valence-electron chi connectivity index (χ1n) is 12.8. The van der Waals surface area contributed by atoms with Crippen molar-refractivity contribution >= 4 is 44.1 Å². The van der Waals surface area contributed by atoms with Crippen LogP contribution in [0.25, 0.3) is 66.6 Å². The number of fused-ring (bicyclic) bond motifs is 2. The number of halogens is 1. The summed E-state index contributed by atoms with van der Waals surface area (Å²) in [5, 5.41) is 4.85. The van der Waals surface area contributed by atoms with Crippen LogP contribution in [0, 0.1) is 3.57 Å². The van der Waals surface area contributed by atoms with Crippen LogP contribution in [0.1, 0.15) is 0 Å². The third kappa shape index (κ3) is 4.68. The van der Waals surface area contributed by atoms with Gasteiger partial charge in [-0.3, -0.25) is 4.98 Å². The summed E-state index contributed by atoms with van der Waals surface area (Å²) in [5.74, 6) is 0.705. The van der Waals surface area contributed by atoms with Crippen molar-refractivity contribution in [1.82, 2.24) is 15.0 Å². The lowest BCUT2D eigenvalue weighted by Crippen LogP contribution is -1.96. The number of nitrogens with zero attached hydrogens (tertiary/aromatic N) is 3. The van der Waals surface area contributed by atoms with Gasteiger partial charge in [-0.05, 0) is 85.6 Å². The SMILES string of the molecule is Ic1cc(-c2cc(-c3ccc4ccccc4c3)nc(-c3ccc(-c4cccnc4)cc3)n2)cc2ccccc12. The summed E-state index contributed by atoms with van der Waals surface area (Å²) in [4.78, 5) is 14.4. The van der Waals surface area contributed by atoms with Crippen molar-refractivity contribution in [2.45, 2.75) is 0 Å². The second-order valence-corrected chi connectivity index (χ2v) is 10.7. The van der Waals surface area contributed by atoms with Crippen molar-refractivity contribution in [3.05, 3.63) is 137 Å². The average Bonchev–Trinajstić information content (AvgIpc) is 3.01. The maximum atomic E-state index is 5.09. The third-order valence-corrected chi connectivity index (χ3v) is 7.91. The number of hydrogen-bond acceptors (Lipinski definition) is 3. The Balaban J connectivity index is 1.39. The number of aromatic nitrogens is 3. The van der Waals surface area contributed by atoms with E-state index in [2.05, 4.69) is 143 Å². The van der Waals surface area contributed by atoms with Gasteiger partial charge in [0.2, 0.25) is 0 Å². The Morgan fingerprint density at radius 1 is 0.462 bits per heavy atom. The van der Waals surface area contributed by atoms with E-state index in [0.29, 0.717) is 5.82 Å². The monoisotopic (exact) mass is 611 g/mol. The first-order valence-corrected chi connectivity index (χ1v) is 13.9. The van der Waals surface area contributed by atoms with Gasteiger partial charge in [-0.2, -0.15) is 0 Å². The van der Waals surface area contributed by atoms with Crippen LogP contribution in [0.4, 0.5) is 0 Å². The summed E-state index contributed by atoms with van der Waals surface area (Å²) >= 11 is 2.42. The topological polar surface area (TPSA) is 38.7 Å². The van der Waals surface area contributed by atoms with E-state index in [0.717, 1.165) is 39.2 Å². The van der Waals surface area contributed by atoms with Crippen LogP contribution in [0.15, 0.2) is 134 Å². The van der Waals surface area contributed by atoms with Crippen molar-refractivity contribution in [3.8, 4) is 45.0 Å². The molecule has 0 unspecified atom stereocenters. The Labute approximate surface area is 240 Å². The molecule has 7 aromatic rings. The van der Waals surface area contributed by atoms with E-state index in [1.54, 1.807) is 6.20 Å². The molecule has 184 valence electrons. The molecule has 3 nitrogen and oxygen atoms in total. The normalized spacial score (nSPS) is 11.2. The molecule has 2 heterocycles. The van der Waals surface area contributed by atoms with Crippen LogP contribution < -0.4 is 0 Å². The van der Waals surface area contributed by atoms with Gasteiger partial charge < -0.3 is 0 Å². The van der Waals surface area contributed by atoms with Crippen LogP contribution in [-0.4, -0.2) is 15.0 Å². The predicted molar refractivity (Wildman–Crippen MR) is 169 cm³/mol. The molecule has 0 saturated carbocycles. The zero-order valence-electron chi connectivity index (χ0n) is 20.9. The first-order chi connectivity index (χ1) is 19.2. The lowest BCUT2D eigenvalue weighted by atomic mass is 10.0. The minimum atomic E-state index is 0.705. The molecule has 39 heavy (non-hydrogen) atoms. The minimum Gasteiger partial charge on any atom is -0.264 e. The van der Waals surface area contributed by atoms with Crippen molar-refractivity contribution in [3.63, 3.8) is 0 Å². The Hall–Kier alpha value is -4.42. The highest BCUT2D eigenvalue weighted by atomic mass is 127. The molecule has 2 aromatic heterocycles. The molecule has 0 N–H and O–H groups in total. The maximum absolute atomic E-state index is 5.09. The number of benzene rings is 5. The molecule has 0 amide bonds. The number of hydrogen-bond donors (Lipinski definition) is 0. The highest BCUT2D eigenvalue weighted by Gasteiger charge is 2.13. The van der Waals surface area contributed by atoms with Gasteiger partial charge in [0.15, 0.2) is 5.82 Å². The minimum absolute atomic E-state index is 0.705. The van der Waals surface area contributed by atoms with E-state index >= 15 is 0 Å². The molecule has 0 aliphatic heterocycles. The largest absolute Gasteiger partial charge is 0.264 e. The predicted octanol–water partition coefficient (Wildman–Crippen LogP) is 9.45. The summed E-state index contributed by atoms with van der Waals surface area (Å²) < 4.78 is 1.20. The summed E-state index contributed by atoms with van der Waals surface area (Å²) in [5.41, 5.74) is 7.13. The molecule has 5 aromatic carbocycles. The highest BCUT2D eigenvalue weighted by Crippen LogP contribution is 2.33. The molecular formula is C35H22IN3. The molecule has 0 spiro atoms. The molecule has 0 aliphatic carbocycles. The van der Waals surface area contributed by atoms with Gasteiger partial charge >= 0.3 is 0 Å². The highest BCUT2D eigenvalue weighted by molar-refractivity contribution is 14.1. The fourth-order valence-corrected chi connectivity index (χ4v) is 5.80. The van der Waals surface area contributed by atoms with Gasteiger partial charge in [-0.25, -0.2) is 9.97 Å². The fraction of sp³-hybridized carbons (Fsp3) is 0. The van der Waals surface area contributed by atoms with Crippen molar-refractivity contribution in [2.24, 2.45) is 0 Å². The molecule has 7 rings (SSSR count). The van der Waals surface area contributed by atoms with E-state index in [-0.39, 0.29) is 0 Å². The van der Waals surface area contributed by atoms with Gasteiger partial charge in [0.05, 0.1) is 11.4 Å². The Morgan fingerprint density at radius 2 is 1.13 bits per heavy atom. The third-order valence-electron chi connectivity index (χ3n) is 7.02. The van der Waals surface area contributed by atoms with Gasteiger partial charge in [0.25, 0.3) is 0 Å². The van der Waals surface area contributed by atoms with E-state index in [4.69, 9.17) is 9.97 Å². The average molecular weight is 611 g/mol. The van der Waals surface area contributed by atoms with Gasteiger partial charge in [0, 0.05) is 32.7 Å². The maximum Gasteiger partial charge on any atom is 0.160 e. The first kappa shape index (κ1) is 23.7. The van der Waals surface area contributed by atoms with Gasteiger partial charge in [-0.15, -0.1) is 0 Å². The number of rotatable bonds is 4. The smallest absolute Gasteiger partial charge is 0.160 e. The summed E-state index contributed by atoms with van der Waals surface area (Å²) in [6, 6.07) is 42.4. The molecule has 4 heteroatoms. The van der Waals surface area contributed by atoms with Gasteiger partial charge in [0.1, 0.15) is 0 Å². The Bertz CT molecular complexity index is 1970. The Morgan fingerprint density at radius 3 is 1.92 bits per heavy atom. The van der Waals surface area contributed by atoms with Crippen LogP contribution >= 0.6 is 22.6 Å².